The summed E-state index contributed by atoms with van der Waals surface area (Å²) in [6, 6.07) is 19.6. The number of carbonyl (C=O) groups excluding carboxylic acids is 2. The summed E-state index contributed by atoms with van der Waals surface area (Å²) >= 11 is 3.44. The largest absolute Gasteiger partial charge is 0.399 e. The maximum absolute atomic E-state index is 13.4. The minimum Gasteiger partial charge on any atom is -0.399 e. The molecule has 0 heterocycles. The normalized spacial score (nSPS) is 41.0. The van der Waals surface area contributed by atoms with E-state index in [2.05, 4.69) is 48.9 Å². The quantitative estimate of drug-likeness (QED) is 0.122. The van der Waals surface area contributed by atoms with E-state index in [4.69, 9.17) is 15.2 Å². The molecule has 9 heteroatoms. The second kappa shape index (κ2) is 24.8. The minimum atomic E-state index is -0.521. The van der Waals surface area contributed by atoms with Gasteiger partial charge in [0.05, 0.1) is 36.3 Å². The first kappa shape index (κ1) is 60.6. The highest BCUT2D eigenvalue weighted by atomic mass is 79.9. The zero-order valence-electron chi connectivity index (χ0n) is 43.5. The Bertz CT molecular complexity index is 2020. The highest BCUT2D eigenvalue weighted by molar-refractivity contribution is 9.09. The summed E-state index contributed by atoms with van der Waals surface area (Å²) in [5.74, 6) is 6.62. The maximum atomic E-state index is 13.4. The Morgan fingerprint density at radius 3 is 1.42 bits per heavy atom. The molecule has 8 aliphatic carbocycles. The van der Waals surface area contributed by atoms with Gasteiger partial charge in [0, 0.05) is 36.4 Å². The van der Waals surface area contributed by atoms with Crippen LogP contribution in [0.2, 0.25) is 0 Å². The van der Waals surface area contributed by atoms with E-state index in [0.29, 0.717) is 64.9 Å². The summed E-state index contributed by atoms with van der Waals surface area (Å²) in [6.45, 7) is 16.9. The first-order valence-corrected chi connectivity index (χ1v) is 28.9. The van der Waals surface area contributed by atoms with Gasteiger partial charge in [0.25, 0.3) is 0 Å². The molecule has 0 radical (unpaired) electrons. The summed E-state index contributed by atoms with van der Waals surface area (Å²) < 4.78 is 12.3. The van der Waals surface area contributed by atoms with E-state index in [-0.39, 0.29) is 55.8 Å². The standard InChI is InChI=1S/C30H45NO3.C24H39BrO3.C6H7N.3CH4/c1-4-34-20-30-17-16-28(2,33)18-21(30)10-11-23-24-12-13-26(29(24,3)15-14-25(23)30)27(32)19-31-22-8-6-5-7-9-22;1-4-28-15-24-12-11-22(2,27)13-16(24)5-6-17-18-7-8-20(21(26)14-25)23(18,3)10-9-19(17)24;7-6-4-2-1-3-5-6;;;/h5-9,21,23-26,31,33H,4,10-20H2,1-3H3;16-20,27H,4-15H2,1-3H3;1-5H,7H2;3*1H4/t21-,23-,24-,25-,26+,28+,29-,30+;16-,17-,18-,19-,20+,22+,23-,24+;;;;/m00..../s1. The Kier molecular flexibility index (Phi) is 20.9. The molecule has 0 amide bonds. The first-order chi connectivity index (χ1) is 33.0. The number of fused-ring (bicyclic) bond motifs is 10. The molecule has 72 heavy (non-hydrogen) atoms. The van der Waals surface area contributed by atoms with Crippen LogP contribution in [-0.2, 0) is 19.1 Å². The molecule has 8 fully saturated rings. The van der Waals surface area contributed by atoms with Gasteiger partial charge in [-0.05, 0) is 237 Å². The Morgan fingerprint density at radius 2 is 1.01 bits per heavy atom. The lowest BCUT2D eigenvalue weighted by Gasteiger charge is -2.62. The number of halogens is 1. The van der Waals surface area contributed by atoms with Crippen molar-refractivity contribution in [2.45, 2.75) is 191 Å². The van der Waals surface area contributed by atoms with E-state index in [1.165, 1.54) is 57.8 Å². The van der Waals surface area contributed by atoms with Crippen LogP contribution in [-0.4, -0.2) is 71.3 Å². The number of ketones is 2. The molecule has 2 aromatic rings. The van der Waals surface area contributed by atoms with Crippen LogP contribution in [0.1, 0.15) is 179 Å². The Balaban J connectivity index is 0.000000230. The van der Waals surface area contributed by atoms with Gasteiger partial charge in [0.2, 0.25) is 0 Å². The van der Waals surface area contributed by atoms with E-state index in [9.17, 15) is 19.8 Å². The molecule has 16 atom stereocenters. The van der Waals surface area contributed by atoms with Gasteiger partial charge in [0.15, 0.2) is 5.78 Å². The number of hydrogen-bond donors (Lipinski definition) is 4. The van der Waals surface area contributed by atoms with Crippen molar-refractivity contribution in [3.05, 3.63) is 60.7 Å². The molecule has 0 saturated heterocycles. The molecule has 0 unspecified atom stereocenters. The van der Waals surface area contributed by atoms with E-state index < -0.39 is 11.2 Å². The van der Waals surface area contributed by atoms with Gasteiger partial charge >= 0.3 is 0 Å². The van der Waals surface area contributed by atoms with E-state index >= 15 is 0 Å². The SMILES string of the molecule is C.C.C.CCOC[C@]12CC[C@@](C)(O)C[C@@H]1CC[C@H]1[C@@H]3CC[C@H](C(=O)CBr)[C@@]3(C)CC[C@@H]12.CCOC[C@]12CC[C@@](C)(O)C[C@@H]1CC[C@H]1[C@@H]3CC[C@H](C(=O)CNc4ccccc4)[C@@]3(C)CC[C@@H]12.Nc1ccccc1. The van der Waals surface area contributed by atoms with Crippen molar-refractivity contribution in [1.29, 1.82) is 0 Å². The molecule has 10 rings (SSSR count). The first-order valence-electron chi connectivity index (χ1n) is 27.8. The highest BCUT2D eigenvalue weighted by Crippen LogP contribution is 2.70. The second-order valence-electron chi connectivity index (χ2n) is 25.0. The van der Waals surface area contributed by atoms with Crippen LogP contribution in [0.25, 0.3) is 0 Å². The van der Waals surface area contributed by atoms with Crippen molar-refractivity contribution >= 4 is 38.9 Å². The molecule has 0 spiro atoms. The molecule has 8 nitrogen and oxygen atoms in total. The van der Waals surface area contributed by atoms with Crippen molar-refractivity contribution in [1.82, 2.24) is 0 Å². The molecule has 5 N–H and O–H groups in total. The molecule has 0 aliphatic heterocycles. The van der Waals surface area contributed by atoms with Gasteiger partial charge in [0.1, 0.15) is 5.78 Å². The lowest BCUT2D eigenvalue weighted by molar-refractivity contribution is -0.178. The number of nitrogen functional groups attached to an aromatic ring is 1. The van der Waals surface area contributed by atoms with Crippen LogP contribution in [0.5, 0.6) is 0 Å². The fraction of sp³-hybridized carbons (Fsp3) is 0.778. The summed E-state index contributed by atoms with van der Waals surface area (Å²) in [4.78, 5) is 26.1. The number of ether oxygens (including phenoxy) is 2. The molecular weight excluding hydrogens is 961 g/mol. The average Bonchev–Trinajstić information content (AvgIpc) is 3.89. The number of nitrogens with two attached hydrogens (primary N) is 1. The average molecular weight is 1060 g/mol. The Hall–Kier alpha value is -2.30. The predicted octanol–water partition coefficient (Wildman–Crippen LogP) is 14.6. The number of rotatable bonds is 12. The number of para-hydroxylation sites is 2. The van der Waals surface area contributed by atoms with Crippen molar-refractivity contribution in [2.24, 2.45) is 80.8 Å². The number of alkyl halides is 1. The van der Waals surface area contributed by atoms with Gasteiger partial charge < -0.3 is 30.7 Å². The minimum absolute atomic E-state index is 0. The summed E-state index contributed by atoms with van der Waals surface area (Å²) in [6.07, 6.45) is 20.3. The molecular formula is C63H103BrN2O6. The number of Topliss-reactive ketones (excluding diaryl/α,β-unsaturated/α-hetero) is 2. The van der Waals surface area contributed by atoms with E-state index in [1.54, 1.807) is 0 Å². The van der Waals surface area contributed by atoms with Crippen molar-refractivity contribution in [2.75, 3.05) is 49.4 Å². The number of carbonyl (C=O) groups is 2. The van der Waals surface area contributed by atoms with Gasteiger partial charge in [-0.1, -0.05) is 88.5 Å². The Labute approximate surface area is 447 Å². The fourth-order valence-electron chi connectivity index (χ4n) is 18.1. The lowest BCUT2D eigenvalue weighted by Crippen LogP contribution is -2.58. The predicted molar refractivity (Wildman–Crippen MR) is 303 cm³/mol. The third kappa shape index (κ3) is 12.0. The van der Waals surface area contributed by atoms with Crippen molar-refractivity contribution in [3.63, 3.8) is 0 Å². The highest BCUT2D eigenvalue weighted by Gasteiger charge is 2.65. The van der Waals surface area contributed by atoms with Gasteiger partial charge in [-0.2, -0.15) is 0 Å². The monoisotopic (exact) mass is 1060 g/mol. The third-order valence-corrected chi connectivity index (χ3v) is 22.0. The number of nitrogens with one attached hydrogen (secondary N) is 1. The number of anilines is 2. The van der Waals surface area contributed by atoms with E-state index in [1.807, 2.05) is 74.5 Å². The smallest absolute Gasteiger partial charge is 0.155 e. The zero-order valence-corrected chi connectivity index (χ0v) is 45.1. The van der Waals surface area contributed by atoms with Gasteiger partial charge in [-0.25, -0.2) is 0 Å². The number of hydrogen-bond acceptors (Lipinski definition) is 8. The lowest BCUT2D eigenvalue weighted by atomic mass is 9.43. The summed E-state index contributed by atoms with van der Waals surface area (Å²) in [5, 5.41) is 25.6. The van der Waals surface area contributed by atoms with Gasteiger partial charge in [-0.3, -0.25) is 9.59 Å². The van der Waals surface area contributed by atoms with Crippen molar-refractivity contribution in [3.8, 4) is 0 Å². The molecule has 8 aliphatic rings. The van der Waals surface area contributed by atoms with Crippen LogP contribution in [0.15, 0.2) is 60.7 Å². The van der Waals surface area contributed by atoms with Crippen LogP contribution in [0, 0.1) is 80.8 Å². The molecule has 0 aromatic heterocycles. The van der Waals surface area contributed by atoms with Gasteiger partial charge in [-0.15, -0.1) is 0 Å². The van der Waals surface area contributed by atoms with Crippen molar-refractivity contribution < 1.29 is 29.3 Å². The molecule has 408 valence electrons. The second-order valence-corrected chi connectivity index (χ2v) is 25.6. The topological polar surface area (TPSA) is 131 Å². The molecule has 2 aromatic carbocycles. The number of benzene rings is 2. The van der Waals surface area contributed by atoms with E-state index in [0.717, 1.165) is 102 Å². The number of aliphatic hydroxyl groups is 2. The summed E-state index contributed by atoms with van der Waals surface area (Å²) in [5.41, 5.74) is 6.99. The fourth-order valence-corrected chi connectivity index (χ4v) is 18.5. The van der Waals surface area contributed by atoms with Crippen LogP contribution >= 0.6 is 15.9 Å². The third-order valence-electron chi connectivity index (χ3n) is 21.4. The van der Waals surface area contributed by atoms with Crippen LogP contribution < -0.4 is 11.1 Å². The molecule has 0 bridgehead atoms. The summed E-state index contributed by atoms with van der Waals surface area (Å²) in [7, 11) is 0. The molecule has 8 saturated carbocycles. The van der Waals surface area contributed by atoms with Crippen LogP contribution in [0.4, 0.5) is 11.4 Å². The maximum Gasteiger partial charge on any atom is 0.155 e. The zero-order chi connectivity index (χ0) is 49.2. The van der Waals surface area contributed by atoms with Crippen LogP contribution in [0.3, 0.4) is 0 Å². The Morgan fingerprint density at radius 1 is 0.583 bits per heavy atom.